The van der Waals surface area contributed by atoms with Gasteiger partial charge in [-0.15, -0.1) is 0 Å². The van der Waals surface area contributed by atoms with Gasteiger partial charge in [0.05, 0.1) is 19.8 Å². The van der Waals surface area contributed by atoms with Crippen molar-refractivity contribution in [3.63, 3.8) is 0 Å². The van der Waals surface area contributed by atoms with Gasteiger partial charge < -0.3 is 14.2 Å². The zero-order valence-electron chi connectivity index (χ0n) is 30.4. The fourth-order valence-electron chi connectivity index (χ4n) is 6.89. The van der Waals surface area contributed by atoms with Crippen LogP contribution in [-0.2, 0) is 28.6 Å². The lowest BCUT2D eigenvalue weighted by Crippen LogP contribution is -2.27. The Bertz CT molecular complexity index is 767. The van der Waals surface area contributed by atoms with Crippen LogP contribution in [0.15, 0.2) is 0 Å². The van der Waals surface area contributed by atoms with Gasteiger partial charge in [-0.1, -0.05) is 106 Å². The van der Waals surface area contributed by atoms with Crippen LogP contribution in [0.2, 0.25) is 0 Å². The monoisotopic (exact) mass is 637 g/mol. The second kappa shape index (κ2) is 26.5. The van der Waals surface area contributed by atoms with Crippen molar-refractivity contribution in [2.24, 2.45) is 35.5 Å². The van der Waals surface area contributed by atoms with Gasteiger partial charge in [-0.25, -0.2) is 0 Å². The van der Waals surface area contributed by atoms with Gasteiger partial charge in [0.25, 0.3) is 0 Å². The van der Waals surface area contributed by atoms with E-state index in [0.717, 1.165) is 83.5 Å². The minimum atomic E-state index is -0.0972. The molecule has 0 N–H and O–H groups in total. The standard InChI is InChI=1S/C39H72O6/c1-7-13-16-31(10-4)28-43-37(40)24-20-34-19-21-35(22-25-38(41)44-29-32(11-5)17-14-8-2)36(27-34)23-26-39(42)45-30-33(12-6)18-15-9-3/h31-36H,7-30H2,1-6H3. The Morgan fingerprint density at radius 1 is 0.533 bits per heavy atom. The van der Waals surface area contributed by atoms with E-state index in [2.05, 4.69) is 41.5 Å². The lowest BCUT2D eigenvalue weighted by Gasteiger charge is -2.36. The minimum absolute atomic E-state index is 0.0761. The summed E-state index contributed by atoms with van der Waals surface area (Å²) >= 11 is 0. The molecule has 1 fully saturated rings. The molecule has 1 saturated carbocycles. The summed E-state index contributed by atoms with van der Waals surface area (Å²) in [4.78, 5) is 38.0. The van der Waals surface area contributed by atoms with E-state index in [-0.39, 0.29) is 17.9 Å². The smallest absolute Gasteiger partial charge is 0.305 e. The zero-order valence-corrected chi connectivity index (χ0v) is 30.4. The number of esters is 3. The van der Waals surface area contributed by atoms with Gasteiger partial charge in [-0.05, 0) is 86.9 Å². The first-order valence-electron chi connectivity index (χ1n) is 19.3. The molecule has 0 aromatic rings. The van der Waals surface area contributed by atoms with Crippen LogP contribution in [-0.4, -0.2) is 37.7 Å². The molecule has 0 saturated heterocycles. The largest absolute Gasteiger partial charge is 0.465 e. The molecule has 6 heteroatoms. The Hall–Kier alpha value is -1.59. The van der Waals surface area contributed by atoms with Crippen molar-refractivity contribution in [1.82, 2.24) is 0 Å². The molecular formula is C39H72O6. The van der Waals surface area contributed by atoms with E-state index in [1.165, 1.54) is 32.1 Å². The van der Waals surface area contributed by atoms with E-state index in [1.807, 2.05) is 0 Å². The summed E-state index contributed by atoms with van der Waals surface area (Å²) in [6.45, 7) is 14.7. The summed E-state index contributed by atoms with van der Waals surface area (Å²) in [7, 11) is 0. The number of carbonyl (C=O) groups is 3. The summed E-state index contributed by atoms with van der Waals surface area (Å²) in [6.07, 6.45) is 20.4. The SMILES string of the molecule is CCCCC(CC)COC(=O)CCC1CCC(CCC(=O)OCC(CC)CCCC)C(CCC(=O)OCC(CC)CCCC)C1. The van der Waals surface area contributed by atoms with E-state index < -0.39 is 0 Å². The first-order chi connectivity index (χ1) is 21.8. The second-order valence-electron chi connectivity index (χ2n) is 14.1. The summed E-state index contributed by atoms with van der Waals surface area (Å²) in [6, 6.07) is 0. The molecule has 1 aliphatic rings. The predicted octanol–water partition coefficient (Wildman–Crippen LogP) is 10.6. The molecule has 264 valence electrons. The lowest BCUT2D eigenvalue weighted by molar-refractivity contribution is -0.147. The highest BCUT2D eigenvalue weighted by molar-refractivity contribution is 5.70. The maximum absolute atomic E-state index is 12.8. The molecule has 1 rings (SSSR count). The maximum Gasteiger partial charge on any atom is 0.305 e. The fourth-order valence-corrected chi connectivity index (χ4v) is 6.89. The molecule has 0 aromatic carbocycles. The van der Waals surface area contributed by atoms with Gasteiger partial charge >= 0.3 is 17.9 Å². The van der Waals surface area contributed by atoms with Crippen molar-refractivity contribution in [2.75, 3.05) is 19.8 Å². The quantitative estimate of drug-likeness (QED) is 0.0659. The number of rotatable bonds is 27. The summed E-state index contributed by atoms with van der Waals surface area (Å²) < 4.78 is 17.1. The third kappa shape index (κ3) is 19.6. The summed E-state index contributed by atoms with van der Waals surface area (Å²) in [5, 5.41) is 0. The molecule has 0 aliphatic heterocycles. The van der Waals surface area contributed by atoms with Gasteiger partial charge in [0.2, 0.25) is 0 Å². The van der Waals surface area contributed by atoms with Gasteiger partial charge in [0, 0.05) is 19.3 Å². The van der Waals surface area contributed by atoms with Crippen molar-refractivity contribution in [1.29, 1.82) is 0 Å². The summed E-state index contributed by atoms with van der Waals surface area (Å²) in [5.74, 6) is 2.30. The van der Waals surface area contributed by atoms with E-state index >= 15 is 0 Å². The van der Waals surface area contributed by atoms with Crippen molar-refractivity contribution < 1.29 is 28.6 Å². The number of carbonyl (C=O) groups excluding carboxylic acids is 3. The third-order valence-corrected chi connectivity index (χ3v) is 10.5. The highest BCUT2D eigenvalue weighted by atomic mass is 16.5. The molecule has 45 heavy (non-hydrogen) atoms. The lowest BCUT2D eigenvalue weighted by atomic mass is 9.69. The van der Waals surface area contributed by atoms with Crippen molar-refractivity contribution in [3.05, 3.63) is 0 Å². The van der Waals surface area contributed by atoms with Crippen LogP contribution in [0.5, 0.6) is 0 Å². The van der Waals surface area contributed by atoms with E-state index in [1.54, 1.807) is 0 Å². The molecule has 0 aromatic heterocycles. The van der Waals surface area contributed by atoms with Crippen LogP contribution in [0.4, 0.5) is 0 Å². The Morgan fingerprint density at radius 3 is 1.29 bits per heavy atom. The third-order valence-electron chi connectivity index (χ3n) is 10.5. The molecule has 1 aliphatic carbocycles. The molecule has 6 atom stereocenters. The zero-order chi connectivity index (χ0) is 33.3. The number of hydrogen-bond donors (Lipinski definition) is 0. The highest BCUT2D eigenvalue weighted by Crippen LogP contribution is 2.41. The predicted molar refractivity (Wildman–Crippen MR) is 185 cm³/mol. The molecule has 0 amide bonds. The molecule has 0 spiro atoms. The molecular weight excluding hydrogens is 564 g/mol. The summed E-state index contributed by atoms with van der Waals surface area (Å²) in [5.41, 5.74) is 0. The van der Waals surface area contributed by atoms with Crippen LogP contribution in [0.25, 0.3) is 0 Å². The fraction of sp³-hybridized carbons (Fsp3) is 0.923. The van der Waals surface area contributed by atoms with Gasteiger partial charge in [0.15, 0.2) is 0 Å². The Morgan fingerprint density at radius 2 is 0.911 bits per heavy atom. The van der Waals surface area contributed by atoms with Crippen LogP contribution in [0, 0.1) is 35.5 Å². The van der Waals surface area contributed by atoms with E-state index in [4.69, 9.17) is 14.2 Å². The first kappa shape index (κ1) is 41.4. The van der Waals surface area contributed by atoms with Crippen molar-refractivity contribution in [2.45, 2.75) is 176 Å². The van der Waals surface area contributed by atoms with E-state index in [9.17, 15) is 14.4 Å². The second-order valence-corrected chi connectivity index (χ2v) is 14.1. The molecule has 6 unspecified atom stereocenters. The normalized spacial score (nSPS) is 20.3. The molecule has 0 heterocycles. The Labute approximate surface area is 277 Å². The average molecular weight is 637 g/mol. The van der Waals surface area contributed by atoms with Gasteiger partial charge in [-0.3, -0.25) is 14.4 Å². The minimum Gasteiger partial charge on any atom is -0.465 e. The molecule has 0 bridgehead atoms. The van der Waals surface area contributed by atoms with Crippen molar-refractivity contribution >= 4 is 17.9 Å². The highest BCUT2D eigenvalue weighted by Gasteiger charge is 2.32. The van der Waals surface area contributed by atoms with Gasteiger partial charge in [0.1, 0.15) is 0 Å². The maximum atomic E-state index is 12.8. The van der Waals surface area contributed by atoms with E-state index in [0.29, 0.717) is 74.6 Å². The number of hydrogen-bond acceptors (Lipinski definition) is 6. The number of ether oxygens (including phenoxy) is 3. The topological polar surface area (TPSA) is 78.9 Å². The first-order valence-corrected chi connectivity index (χ1v) is 19.3. The number of unbranched alkanes of at least 4 members (excludes halogenated alkanes) is 3. The van der Waals surface area contributed by atoms with Crippen LogP contribution in [0.1, 0.15) is 176 Å². The average Bonchev–Trinajstić information content (AvgIpc) is 3.05. The molecule has 6 nitrogen and oxygen atoms in total. The van der Waals surface area contributed by atoms with Crippen LogP contribution in [0.3, 0.4) is 0 Å². The van der Waals surface area contributed by atoms with Crippen molar-refractivity contribution in [3.8, 4) is 0 Å². The van der Waals surface area contributed by atoms with Crippen LogP contribution >= 0.6 is 0 Å². The Balaban J connectivity index is 2.66. The van der Waals surface area contributed by atoms with Crippen LogP contribution < -0.4 is 0 Å². The molecule has 0 radical (unpaired) electrons. The van der Waals surface area contributed by atoms with Gasteiger partial charge in [-0.2, -0.15) is 0 Å². The Kier molecular flexibility index (Phi) is 24.4.